The number of hydrogen-bond acceptors (Lipinski definition) is 6. The van der Waals surface area contributed by atoms with Crippen LogP contribution in [-0.4, -0.2) is 74.7 Å². The number of anilines is 1. The second kappa shape index (κ2) is 8.93. The summed E-state index contributed by atoms with van der Waals surface area (Å²) in [6, 6.07) is 3.81. The molecule has 0 N–H and O–H groups in total. The fourth-order valence-electron chi connectivity index (χ4n) is 3.85. The zero-order valence-electron chi connectivity index (χ0n) is 17.6. The van der Waals surface area contributed by atoms with E-state index in [4.69, 9.17) is 0 Å². The first-order valence-corrected chi connectivity index (χ1v) is 10.3. The summed E-state index contributed by atoms with van der Waals surface area (Å²) in [4.78, 5) is 27.2. The monoisotopic (exact) mass is 429 g/mol. The SMILES string of the molecule is CCN(CC(=O)N1CCN(c2ncnc3c2cnn3C)CC1)Cc1c(F)cccc1F. The molecule has 0 aliphatic carbocycles. The molecular weight excluding hydrogens is 404 g/mol. The highest BCUT2D eigenvalue weighted by atomic mass is 19.1. The van der Waals surface area contributed by atoms with Crippen molar-refractivity contribution < 1.29 is 13.6 Å². The second-order valence-electron chi connectivity index (χ2n) is 7.57. The van der Waals surface area contributed by atoms with Crippen molar-refractivity contribution in [3.05, 3.63) is 47.9 Å². The summed E-state index contributed by atoms with van der Waals surface area (Å²) in [6.45, 7) is 4.94. The minimum atomic E-state index is -0.592. The number of aromatic nitrogens is 4. The van der Waals surface area contributed by atoms with Crippen LogP contribution in [0.25, 0.3) is 11.0 Å². The lowest BCUT2D eigenvalue weighted by Crippen LogP contribution is -2.51. The van der Waals surface area contributed by atoms with Gasteiger partial charge in [-0.3, -0.25) is 14.4 Å². The van der Waals surface area contributed by atoms with Crippen molar-refractivity contribution in [2.45, 2.75) is 13.5 Å². The number of hydrogen-bond donors (Lipinski definition) is 0. The summed E-state index contributed by atoms with van der Waals surface area (Å²) in [6.07, 6.45) is 3.28. The number of aryl methyl sites for hydroxylation is 1. The summed E-state index contributed by atoms with van der Waals surface area (Å²) >= 11 is 0. The Morgan fingerprint density at radius 3 is 2.52 bits per heavy atom. The van der Waals surface area contributed by atoms with Gasteiger partial charge in [-0.25, -0.2) is 18.7 Å². The van der Waals surface area contributed by atoms with E-state index in [2.05, 4.69) is 20.0 Å². The van der Waals surface area contributed by atoms with E-state index >= 15 is 0 Å². The molecule has 3 heterocycles. The Morgan fingerprint density at radius 2 is 1.84 bits per heavy atom. The Hall–Kier alpha value is -3.14. The Bertz CT molecular complexity index is 1060. The van der Waals surface area contributed by atoms with E-state index in [0.29, 0.717) is 32.7 Å². The number of nitrogens with zero attached hydrogens (tertiary/aromatic N) is 7. The van der Waals surface area contributed by atoms with Crippen molar-refractivity contribution in [1.82, 2.24) is 29.5 Å². The van der Waals surface area contributed by atoms with Gasteiger partial charge in [-0.05, 0) is 18.7 Å². The standard InChI is InChI=1S/C21H25F2N7O/c1-3-28(12-16-17(22)5-4-6-18(16)23)13-19(31)29-7-9-30(10-8-29)21-15-11-26-27(2)20(15)24-14-25-21/h4-6,11,14H,3,7-10,12-13H2,1-2H3. The maximum atomic E-state index is 14.0. The molecular formula is C21H25F2N7O. The number of carbonyl (C=O) groups is 1. The molecule has 10 heteroatoms. The molecule has 0 unspecified atom stereocenters. The van der Waals surface area contributed by atoms with E-state index in [0.717, 1.165) is 16.9 Å². The van der Waals surface area contributed by atoms with Gasteiger partial charge in [0.2, 0.25) is 5.91 Å². The molecule has 3 aromatic rings. The summed E-state index contributed by atoms with van der Waals surface area (Å²) in [5.41, 5.74) is 0.758. The smallest absolute Gasteiger partial charge is 0.236 e. The van der Waals surface area contributed by atoms with Crippen LogP contribution in [0, 0.1) is 11.6 Å². The van der Waals surface area contributed by atoms with E-state index < -0.39 is 11.6 Å². The Labute approximate surface area is 179 Å². The van der Waals surface area contributed by atoms with E-state index in [1.54, 1.807) is 20.7 Å². The van der Waals surface area contributed by atoms with Gasteiger partial charge in [-0.1, -0.05) is 13.0 Å². The van der Waals surface area contributed by atoms with Crippen molar-refractivity contribution in [1.29, 1.82) is 0 Å². The normalized spacial score (nSPS) is 14.6. The van der Waals surface area contributed by atoms with Gasteiger partial charge in [0.25, 0.3) is 0 Å². The number of rotatable bonds is 6. The van der Waals surface area contributed by atoms with Crippen LogP contribution in [0.1, 0.15) is 12.5 Å². The van der Waals surface area contributed by atoms with Crippen molar-refractivity contribution in [2.24, 2.45) is 7.05 Å². The van der Waals surface area contributed by atoms with Crippen LogP contribution >= 0.6 is 0 Å². The molecule has 4 rings (SSSR count). The van der Waals surface area contributed by atoms with E-state index in [1.165, 1.54) is 24.5 Å². The van der Waals surface area contributed by atoms with Gasteiger partial charge in [0.1, 0.15) is 23.8 Å². The van der Waals surface area contributed by atoms with Gasteiger partial charge in [0.05, 0.1) is 18.1 Å². The lowest BCUT2D eigenvalue weighted by molar-refractivity contribution is -0.132. The average molecular weight is 429 g/mol. The van der Waals surface area contributed by atoms with Crippen LogP contribution in [0.5, 0.6) is 0 Å². The lowest BCUT2D eigenvalue weighted by Gasteiger charge is -2.36. The highest BCUT2D eigenvalue weighted by molar-refractivity contribution is 5.87. The maximum Gasteiger partial charge on any atom is 0.236 e. The highest BCUT2D eigenvalue weighted by Crippen LogP contribution is 2.23. The van der Waals surface area contributed by atoms with Gasteiger partial charge in [-0.2, -0.15) is 5.10 Å². The van der Waals surface area contributed by atoms with Crippen molar-refractivity contribution in [2.75, 3.05) is 44.2 Å². The molecule has 2 aromatic heterocycles. The predicted molar refractivity (Wildman–Crippen MR) is 112 cm³/mol. The maximum absolute atomic E-state index is 14.0. The zero-order chi connectivity index (χ0) is 22.0. The zero-order valence-corrected chi connectivity index (χ0v) is 17.6. The molecule has 8 nitrogen and oxygen atoms in total. The molecule has 0 radical (unpaired) electrons. The van der Waals surface area contributed by atoms with Crippen molar-refractivity contribution in [3.8, 4) is 0 Å². The van der Waals surface area contributed by atoms with Gasteiger partial charge < -0.3 is 9.80 Å². The summed E-state index contributed by atoms with van der Waals surface area (Å²) in [5, 5.41) is 5.13. The molecule has 0 saturated carbocycles. The number of benzene rings is 1. The molecule has 1 aliphatic rings. The number of halogens is 2. The molecule has 1 saturated heterocycles. The number of fused-ring (bicyclic) bond motifs is 1. The van der Waals surface area contributed by atoms with Gasteiger partial charge in [0.15, 0.2) is 5.65 Å². The third-order valence-corrected chi connectivity index (χ3v) is 5.69. The topological polar surface area (TPSA) is 70.4 Å². The first kappa shape index (κ1) is 21.1. The Balaban J connectivity index is 1.37. The van der Waals surface area contributed by atoms with Crippen LogP contribution in [0.2, 0.25) is 0 Å². The van der Waals surface area contributed by atoms with E-state index in [9.17, 15) is 13.6 Å². The van der Waals surface area contributed by atoms with Gasteiger partial charge in [0, 0.05) is 45.3 Å². The molecule has 0 atom stereocenters. The molecule has 0 bridgehead atoms. The summed E-state index contributed by atoms with van der Waals surface area (Å²) in [5.74, 6) is -0.417. The van der Waals surface area contributed by atoms with Gasteiger partial charge >= 0.3 is 0 Å². The molecule has 31 heavy (non-hydrogen) atoms. The van der Waals surface area contributed by atoms with E-state index in [1.807, 2.05) is 14.0 Å². The predicted octanol–water partition coefficient (Wildman–Crippen LogP) is 1.81. The van der Waals surface area contributed by atoms with Crippen molar-refractivity contribution >= 4 is 22.8 Å². The molecule has 1 aliphatic heterocycles. The van der Waals surface area contributed by atoms with Crippen LogP contribution in [0.15, 0.2) is 30.7 Å². The first-order valence-electron chi connectivity index (χ1n) is 10.3. The highest BCUT2D eigenvalue weighted by Gasteiger charge is 2.25. The fraction of sp³-hybridized carbons (Fsp3) is 0.429. The molecule has 1 amide bonds. The molecule has 164 valence electrons. The lowest BCUT2D eigenvalue weighted by atomic mass is 10.2. The summed E-state index contributed by atoms with van der Waals surface area (Å²) < 4.78 is 29.7. The van der Waals surface area contributed by atoms with Crippen molar-refractivity contribution in [3.63, 3.8) is 0 Å². The fourth-order valence-corrected chi connectivity index (χ4v) is 3.85. The minimum absolute atomic E-state index is 0.00813. The molecule has 1 aromatic carbocycles. The average Bonchev–Trinajstić information content (AvgIpc) is 3.16. The number of likely N-dealkylation sites (N-methyl/N-ethyl adjacent to an activating group) is 1. The third kappa shape index (κ3) is 4.34. The second-order valence-corrected chi connectivity index (χ2v) is 7.57. The summed E-state index contributed by atoms with van der Waals surface area (Å²) in [7, 11) is 1.84. The number of amides is 1. The largest absolute Gasteiger partial charge is 0.352 e. The third-order valence-electron chi connectivity index (χ3n) is 5.69. The first-order chi connectivity index (χ1) is 15.0. The quantitative estimate of drug-likeness (QED) is 0.595. The number of carbonyl (C=O) groups excluding carboxylic acids is 1. The van der Waals surface area contributed by atoms with Gasteiger partial charge in [-0.15, -0.1) is 0 Å². The Morgan fingerprint density at radius 1 is 1.13 bits per heavy atom. The number of piperazine rings is 1. The Kier molecular flexibility index (Phi) is 6.08. The van der Waals surface area contributed by atoms with Crippen LogP contribution in [-0.2, 0) is 18.4 Å². The minimum Gasteiger partial charge on any atom is -0.352 e. The molecule has 1 fully saturated rings. The molecule has 0 spiro atoms. The van der Waals surface area contributed by atoms with Crippen LogP contribution in [0.3, 0.4) is 0 Å². The van der Waals surface area contributed by atoms with E-state index in [-0.39, 0.29) is 24.6 Å². The van der Waals surface area contributed by atoms with Crippen LogP contribution in [0.4, 0.5) is 14.6 Å². The van der Waals surface area contributed by atoms with Crippen LogP contribution < -0.4 is 4.90 Å².